The number of aryl methyl sites for hydroxylation is 1. The zero-order valence-electron chi connectivity index (χ0n) is 12.4. The molecule has 0 unspecified atom stereocenters. The van der Waals surface area contributed by atoms with Crippen molar-refractivity contribution in [3.05, 3.63) is 52.0 Å². The maximum atomic E-state index is 12.4. The second-order valence-corrected chi connectivity index (χ2v) is 5.52. The Hall–Kier alpha value is -2.15. The van der Waals surface area contributed by atoms with E-state index in [9.17, 15) is 13.6 Å². The summed E-state index contributed by atoms with van der Waals surface area (Å²) in [4.78, 5) is 12.2. The third kappa shape index (κ3) is 4.41. The van der Waals surface area contributed by atoms with Crippen molar-refractivity contribution in [2.24, 2.45) is 0 Å². The topological polar surface area (TPSA) is 47.6 Å². The first kappa shape index (κ1) is 17.2. The SMILES string of the molecule is COc1ccc(C(=O)Nc2ccc(C)c(Br)c2)cc1OC(F)F. The Morgan fingerprint density at radius 1 is 1.17 bits per heavy atom. The lowest BCUT2D eigenvalue weighted by Gasteiger charge is -2.12. The van der Waals surface area contributed by atoms with Crippen LogP contribution in [0.2, 0.25) is 0 Å². The Labute approximate surface area is 140 Å². The molecule has 2 aromatic carbocycles. The first-order valence-corrected chi connectivity index (χ1v) is 7.40. The minimum atomic E-state index is -3.00. The van der Waals surface area contributed by atoms with Crippen LogP contribution < -0.4 is 14.8 Å². The molecule has 0 aliphatic heterocycles. The third-order valence-electron chi connectivity index (χ3n) is 3.07. The van der Waals surface area contributed by atoms with E-state index in [0.29, 0.717) is 5.69 Å². The summed E-state index contributed by atoms with van der Waals surface area (Å²) in [5.41, 5.74) is 1.79. The molecule has 0 saturated heterocycles. The normalized spacial score (nSPS) is 10.5. The largest absolute Gasteiger partial charge is 0.493 e. The summed E-state index contributed by atoms with van der Waals surface area (Å²) in [5.74, 6) is -0.511. The number of anilines is 1. The summed E-state index contributed by atoms with van der Waals surface area (Å²) >= 11 is 3.38. The maximum absolute atomic E-state index is 12.4. The van der Waals surface area contributed by atoms with Crippen LogP contribution in [0.25, 0.3) is 0 Å². The number of benzene rings is 2. The van der Waals surface area contributed by atoms with Crippen LogP contribution in [0.3, 0.4) is 0 Å². The molecule has 0 aliphatic rings. The fourth-order valence-corrected chi connectivity index (χ4v) is 2.26. The zero-order valence-corrected chi connectivity index (χ0v) is 14.0. The smallest absolute Gasteiger partial charge is 0.387 e. The van der Waals surface area contributed by atoms with E-state index in [1.165, 1.54) is 25.3 Å². The fourth-order valence-electron chi connectivity index (χ4n) is 1.88. The third-order valence-corrected chi connectivity index (χ3v) is 3.93. The lowest BCUT2D eigenvalue weighted by molar-refractivity contribution is -0.0512. The van der Waals surface area contributed by atoms with Crippen LogP contribution in [0.15, 0.2) is 40.9 Å². The van der Waals surface area contributed by atoms with Gasteiger partial charge in [-0.25, -0.2) is 0 Å². The van der Waals surface area contributed by atoms with Gasteiger partial charge in [0.25, 0.3) is 5.91 Å². The number of halogens is 3. The molecular formula is C16H14BrF2NO3. The number of hydrogen-bond acceptors (Lipinski definition) is 3. The van der Waals surface area contributed by atoms with Crippen molar-refractivity contribution in [1.82, 2.24) is 0 Å². The van der Waals surface area contributed by atoms with Crippen molar-refractivity contribution in [1.29, 1.82) is 0 Å². The number of methoxy groups -OCH3 is 1. The molecule has 0 saturated carbocycles. The van der Waals surface area contributed by atoms with E-state index in [2.05, 4.69) is 26.0 Å². The monoisotopic (exact) mass is 385 g/mol. The highest BCUT2D eigenvalue weighted by molar-refractivity contribution is 9.10. The van der Waals surface area contributed by atoms with Crippen LogP contribution in [0.1, 0.15) is 15.9 Å². The van der Waals surface area contributed by atoms with Gasteiger partial charge >= 0.3 is 6.61 Å². The highest BCUT2D eigenvalue weighted by Gasteiger charge is 2.15. The Kier molecular flexibility index (Phi) is 5.54. The Bertz CT molecular complexity index is 722. The minimum Gasteiger partial charge on any atom is -0.493 e. The Balaban J connectivity index is 2.23. The van der Waals surface area contributed by atoms with Crippen LogP contribution >= 0.6 is 15.9 Å². The predicted molar refractivity (Wildman–Crippen MR) is 86.5 cm³/mol. The van der Waals surface area contributed by atoms with Crippen LogP contribution in [-0.2, 0) is 0 Å². The number of rotatable bonds is 5. The van der Waals surface area contributed by atoms with Gasteiger partial charge in [0.15, 0.2) is 11.5 Å². The van der Waals surface area contributed by atoms with E-state index < -0.39 is 12.5 Å². The predicted octanol–water partition coefficient (Wildman–Crippen LogP) is 4.62. The maximum Gasteiger partial charge on any atom is 0.387 e. The molecule has 0 aliphatic carbocycles. The first-order chi connectivity index (χ1) is 10.9. The fraction of sp³-hybridized carbons (Fsp3) is 0.188. The highest BCUT2D eigenvalue weighted by atomic mass is 79.9. The van der Waals surface area contributed by atoms with E-state index >= 15 is 0 Å². The molecule has 0 atom stereocenters. The summed E-state index contributed by atoms with van der Waals surface area (Å²) in [7, 11) is 1.33. The van der Waals surface area contributed by atoms with Crippen LogP contribution in [0.4, 0.5) is 14.5 Å². The van der Waals surface area contributed by atoms with Crippen molar-refractivity contribution >= 4 is 27.5 Å². The highest BCUT2D eigenvalue weighted by Crippen LogP contribution is 2.30. The Morgan fingerprint density at radius 2 is 1.91 bits per heavy atom. The van der Waals surface area contributed by atoms with Crippen LogP contribution in [0, 0.1) is 6.92 Å². The molecule has 1 amide bonds. The lowest BCUT2D eigenvalue weighted by atomic mass is 10.1. The van der Waals surface area contributed by atoms with E-state index in [1.54, 1.807) is 12.1 Å². The molecule has 0 fully saturated rings. The summed E-state index contributed by atoms with van der Waals surface area (Å²) in [6.45, 7) is -1.08. The average Bonchev–Trinajstić information content (AvgIpc) is 2.50. The van der Waals surface area contributed by atoms with Gasteiger partial charge in [-0.3, -0.25) is 4.79 Å². The molecule has 2 rings (SSSR count). The van der Waals surface area contributed by atoms with Gasteiger partial charge in [0.2, 0.25) is 0 Å². The van der Waals surface area contributed by atoms with Gasteiger partial charge in [0, 0.05) is 15.7 Å². The molecule has 0 heterocycles. The lowest BCUT2D eigenvalue weighted by Crippen LogP contribution is -2.13. The minimum absolute atomic E-state index is 0.125. The quantitative estimate of drug-likeness (QED) is 0.816. The van der Waals surface area contributed by atoms with Crippen molar-refractivity contribution < 1.29 is 23.0 Å². The van der Waals surface area contributed by atoms with Crippen molar-refractivity contribution in [3.63, 3.8) is 0 Å². The number of hydrogen-bond donors (Lipinski definition) is 1. The molecule has 0 aromatic heterocycles. The molecule has 0 bridgehead atoms. The van der Waals surface area contributed by atoms with Gasteiger partial charge in [0.05, 0.1) is 7.11 Å². The standard InChI is InChI=1S/C16H14BrF2NO3/c1-9-3-5-11(8-12(9)17)20-15(21)10-4-6-13(22-2)14(7-10)23-16(18)19/h3-8,16H,1-2H3,(H,20,21). The number of alkyl halides is 2. The van der Waals surface area contributed by atoms with E-state index in [4.69, 9.17) is 4.74 Å². The summed E-state index contributed by atoms with van der Waals surface area (Å²) in [5, 5.41) is 2.69. The molecule has 1 N–H and O–H groups in total. The second-order valence-electron chi connectivity index (χ2n) is 4.66. The number of nitrogens with one attached hydrogen (secondary N) is 1. The van der Waals surface area contributed by atoms with E-state index in [-0.39, 0.29) is 17.1 Å². The van der Waals surface area contributed by atoms with Gasteiger partial charge in [-0.15, -0.1) is 0 Å². The van der Waals surface area contributed by atoms with Gasteiger partial charge in [-0.2, -0.15) is 8.78 Å². The molecule has 0 spiro atoms. The first-order valence-electron chi connectivity index (χ1n) is 6.61. The number of ether oxygens (including phenoxy) is 2. The van der Waals surface area contributed by atoms with Crippen molar-refractivity contribution in [2.45, 2.75) is 13.5 Å². The van der Waals surface area contributed by atoms with Crippen molar-refractivity contribution in [2.75, 3.05) is 12.4 Å². The summed E-state index contributed by atoms with van der Waals surface area (Å²) in [6.07, 6.45) is 0. The van der Waals surface area contributed by atoms with Gasteiger partial charge < -0.3 is 14.8 Å². The van der Waals surface area contributed by atoms with Crippen LogP contribution in [-0.4, -0.2) is 19.6 Å². The summed E-state index contributed by atoms with van der Waals surface area (Å²) in [6, 6.07) is 9.43. The molecule has 122 valence electrons. The summed E-state index contributed by atoms with van der Waals surface area (Å²) < 4.78 is 35.0. The molecular weight excluding hydrogens is 372 g/mol. The molecule has 7 heteroatoms. The molecule has 2 aromatic rings. The average molecular weight is 386 g/mol. The van der Waals surface area contributed by atoms with Crippen LogP contribution in [0.5, 0.6) is 11.5 Å². The second kappa shape index (κ2) is 7.41. The molecule has 4 nitrogen and oxygen atoms in total. The number of carbonyl (C=O) groups is 1. The molecule has 0 radical (unpaired) electrons. The van der Waals surface area contributed by atoms with Gasteiger partial charge in [-0.05, 0) is 42.8 Å². The van der Waals surface area contributed by atoms with Gasteiger partial charge in [-0.1, -0.05) is 22.0 Å². The Morgan fingerprint density at radius 3 is 2.52 bits per heavy atom. The number of carbonyl (C=O) groups excluding carboxylic acids is 1. The zero-order chi connectivity index (χ0) is 17.0. The van der Waals surface area contributed by atoms with Crippen molar-refractivity contribution in [3.8, 4) is 11.5 Å². The van der Waals surface area contributed by atoms with Gasteiger partial charge in [0.1, 0.15) is 0 Å². The van der Waals surface area contributed by atoms with E-state index in [0.717, 1.165) is 10.0 Å². The number of amides is 1. The van der Waals surface area contributed by atoms with E-state index in [1.807, 2.05) is 13.0 Å². The molecule has 23 heavy (non-hydrogen) atoms.